The second-order valence-corrected chi connectivity index (χ2v) is 7.57. The maximum absolute atomic E-state index is 12.7. The van der Waals surface area contributed by atoms with Crippen molar-refractivity contribution in [1.82, 2.24) is 4.90 Å². The van der Waals surface area contributed by atoms with Gasteiger partial charge in [-0.25, -0.2) is 4.99 Å². The van der Waals surface area contributed by atoms with Gasteiger partial charge in [-0.1, -0.05) is 23.9 Å². The quantitative estimate of drug-likeness (QED) is 0.828. The largest absolute Gasteiger partial charge is 0.497 e. The number of amides is 2. The van der Waals surface area contributed by atoms with Crippen molar-refractivity contribution in [3.05, 3.63) is 54.1 Å². The summed E-state index contributed by atoms with van der Waals surface area (Å²) in [7, 11) is 1.60. The number of ether oxygens (including phenoxy) is 1. The Hall–Kier alpha value is -2.80. The Kier molecular flexibility index (Phi) is 6.36. The van der Waals surface area contributed by atoms with Gasteiger partial charge in [0.1, 0.15) is 11.0 Å². The third-order valence-corrected chi connectivity index (χ3v) is 5.52. The van der Waals surface area contributed by atoms with E-state index in [0.29, 0.717) is 17.4 Å². The zero-order chi connectivity index (χ0) is 20.1. The summed E-state index contributed by atoms with van der Waals surface area (Å²) in [6.07, 6.45) is 0.151. The maximum atomic E-state index is 12.7. The van der Waals surface area contributed by atoms with Gasteiger partial charge in [-0.3, -0.25) is 14.5 Å². The average molecular weight is 398 g/mol. The van der Waals surface area contributed by atoms with Crippen LogP contribution in [0.25, 0.3) is 0 Å². The molecule has 0 aliphatic carbocycles. The molecule has 146 valence electrons. The van der Waals surface area contributed by atoms with E-state index < -0.39 is 5.25 Å². The Bertz CT molecular complexity index is 896. The molecule has 1 aliphatic heterocycles. The fraction of sp³-hybridized carbons (Fsp3) is 0.286. The summed E-state index contributed by atoms with van der Waals surface area (Å²) in [5.41, 5.74) is 2.49. The van der Waals surface area contributed by atoms with Gasteiger partial charge in [0, 0.05) is 18.7 Å². The topological polar surface area (TPSA) is 71.0 Å². The van der Waals surface area contributed by atoms with Gasteiger partial charge in [0.15, 0.2) is 5.17 Å². The number of carbonyl (C=O) groups is 2. The number of nitrogens with zero attached hydrogens (tertiary/aromatic N) is 2. The van der Waals surface area contributed by atoms with Gasteiger partial charge in [0.2, 0.25) is 11.8 Å². The first-order chi connectivity index (χ1) is 13.5. The number of carbonyl (C=O) groups excluding carboxylic acids is 2. The molecule has 1 fully saturated rings. The van der Waals surface area contributed by atoms with E-state index in [9.17, 15) is 9.59 Å². The minimum atomic E-state index is -0.521. The number of aliphatic imine (C=N–C) groups is 1. The number of rotatable bonds is 5. The highest BCUT2D eigenvalue weighted by Gasteiger charge is 2.35. The Morgan fingerprint density at radius 3 is 2.68 bits per heavy atom. The first-order valence-corrected chi connectivity index (χ1v) is 9.95. The van der Waals surface area contributed by atoms with Crippen molar-refractivity contribution in [3.8, 4) is 5.75 Å². The third-order valence-electron chi connectivity index (χ3n) is 4.33. The van der Waals surface area contributed by atoms with E-state index in [4.69, 9.17) is 4.74 Å². The van der Waals surface area contributed by atoms with Crippen LogP contribution in [0.15, 0.2) is 53.5 Å². The number of hydrogen-bond donors (Lipinski definition) is 1. The molecule has 7 heteroatoms. The predicted molar refractivity (Wildman–Crippen MR) is 113 cm³/mol. The number of amidine groups is 1. The zero-order valence-corrected chi connectivity index (χ0v) is 17.0. The van der Waals surface area contributed by atoms with Crippen LogP contribution in [0.1, 0.15) is 18.9 Å². The summed E-state index contributed by atoms with van der Waals surface area (Å²) in [6, 6.07) is 14.9. The number of thioether (sulfide) groups is 1. The van der Waals surface area contributed by atoms with Crippen LogP contribution in [-0.2, 0) is 9.59 Å². The van der Waals surface area contributed by atoms with Crippen LogP contribution in [0.3, 0.4) is 0 Å². The smallest absolute Gasteiger partial charge is 0.238 e. The van der Waals surface area contributed by atoms with Crippen LogP contribution in [-0.4, -0.2) is 40.8 Å². The average Bonchev–Trinajstić information content (AvgIpc) is 2.68. The first kappa shape index (κ1) is 19.9. The molecule has 0 bridgehead atoms. The molecule has 1 atom stereocenters. The number of aryl methyl sites for hydroxylation is 1. The molecular formula is C21H23N3O3S. The van der Waals surface area contributed by atoms with Crippen molar-refractivity contribution in [3.63, 3.8) is 0 Å². The van der Waals surface area contributed by atoms with Gasteiger partial charge in [0.05, 0.1) is 12.8 Å². The molecule has 0 radical (unpaired) electrons. The zero-order valence-electron chi connectivity index (χ0n) is 16.1. The standard InChI is InChI=1S/C21H23N3O3S/c1-4-24-19(25)13-18(20(26)22-16-7-5-6-14(2)12-16)28-21(24)23-15-8-10-17(27-3)11-9-15/h5-12,18H,4,13H2,1-3H3,(H,22,26). The Morgan fingerprint density at radius 2 is 2.04 bits per heavy atom. The van der Waals surface area contributed by atoms with Crippen LogP contribution in [0.4, 0.5) is 11.4 Å². The van der Waals surface area contributed by atoms with Crippen LogP contribution >= 0.6 is 11.8 Å². The summed E-state index contributed by atoms with van der Waals surface area (Å²) in [6.45, 7) is 4.37. The van der Waals surface area contributed by atoms with Gasteiger partial charge >= 0.3 is 0 Å². The number of hydrogen-bond acceptors (Lipinski definition) is 5. The van der Waals surface area contributed by atoms with Crippen molar-refractivity contribution in [2.24, 2.45) is 4.99 Å². The number of anilines is 1. The summed E-state index contributed by atoms with van der Waals surface area (Å²) in [5.74, 6) is 0.444. The van der Waals surface area contributed by atoms with E-state index in [1.807, 2.05) is 62.4 Å². The lowest BCUT2D eigenvalue weighted by Gasteiger charge is -2.30. The van der Waals surface area contributed by atoms with E-state index >= 15 is 0 Å². The van der Waals surface area contributed by atoms with E-state index in [1.54, 1.807) is 12.0 Å². The van der Waals surface area contributed by atoms with Gasteiger partial charge < -0.3 is 10.1 Å². The van der Waals surface area contributed by atoms with Gasteiger partial charge in [0.25, 0.3) is 0 Å². The molecule has 1 saturated heterocycles. The highest BCUT2D eigenvalue weighted by Crippen LogP contribution is 2.30. The molecule has 1 unspecified atom stereocenters. The molecule has 28 heavy (non-hydrogen) atoms. The van der Waals surface area contributed by atoms with E-state index in [0.717, 1.165) is 17.0 Å². The predicted octanol–water partition coefficient (Wildman–Crippen LogP) is 3.98. The van der Waals surface area contributed by atoms with Gasteiger partial charge in [-0.2, -0.15) is 0 Å². The summed E-state index contributed by atoms with van der Waals surface area (Å²) >= 11 is 1.32. The summed E-state index contributed by atoms with van der Waals surface area (Å²) < 4.78 is 5.16. The fourth-order valence-corrected chi connectivity index (χ4v) is 4.03. The number of methoxy groups -OCH3 is 1. The Morgan fingerprint density at radius 1 is 1.29 bits per heavy atom. The molecule has 0 aromatic heterocycles. The molecule has 0 spiro atoms. The minimum Gasteiger partial charge on any atom is -0.497 e. The lowest BCUT2D eigenvalue weighted by Crippen LogP contribution is -2.45. The normalized spacial score (nSPS) is 18.2. The van der Waals surface area contributed by atoms with Crippen molar-refractivity contribution < 1.29 is 14.3 Å². The Labute approximate surface area is 169 Å². The first-order valence-electron chi connectivity index (χ1n) is 9.07. The van der Waals surface area contributed by atoms with Crippen LogP contribution in [0, 0.1) is 6.92 Å². The molecule has 6 nitrogen and oxygen atoms in total. The second-order valence-electron chi connectivity index (χ2n) is 6.40. The molecule has 1 heterocycles. The SMILES string of the molecule is CCN1C(=O)CC(C(=O)Nc2cccc(C)c2)SC1=Nc1ccc(OC)cc1. The lowest BCUT2D eigenvalue weighted by molar-refractivity contribution is -0.129. The van der Waals surface area contributed by atoms with Crippen molar-refractivity contribution in [2.45, 2.75) is 25.5 Å². The minimum absolute atomic E-state index is 0.0992. The highest BCUT2D eigenvalue weighted by molar-refractivity contribution is 8.15. The summed E-state index contributed by atoms with van der Waals surface area (Å²) in [4.78, 5) is 31.5. The number of benzene rings is 2. The molecule has 0 saturated carbocycles. The van der Waals surface area contributed by atoms with Crippen molar-refractivity contribution in [2.75, 3.05) is 19.0 Å². The van der Waals surface area contributed by atoms with Crippen molar-refractivity contribution >= 4 is 40.1 Å². The monoisotopic (exact) mass is 397 g/mol. The second kappa shape index (κ2) is 8.93. The highest BCUT2D eigenvalue weighted by atomic mass is 32.2. The van der Waals surface area contributed by atoms with Crippen molar-refractivity contribution in [1.29, 1.82) is 0 Å². The number of nitrogens with one attached hydrogen (secondary N) is 1. The fourth-order valence-electron chi connectivity index (χ4n) is 2.87. The maximum Gasteiger partial charge on any atom is 0.238 e. The van der Waals surface area contributed by atoms with E-state index in [1.165, 1.54) is 11.8 Å². The Balaban J connectivity index is 1.79. The molecular weight excluding hydrogens is 374 g/mol. The van der Waals surface area contributed by atoms with E-state index in [-0.39, 0.29) is 18.2 Å². The van der Waals surface area contributed by atoms with Crippen LogP contribution in [0.2, 0.25) is 0 Å². The van der Waals surface area contributed by atoms with E-state index in [2.05, 4.69) is 10.3 Å². The van der Waals surface area contributed by atoms with Gasteiger partial charge in [-0.05, 0) is 55.8 Å². The molecule has 2 amide bonds. The lowest BCUT2D eigenvalue weighted by atomic mass is 10.2. The molecule has 2 aromatic rings. The molecule has 1 N–H and O–H groups in total. The van der Waals surface area contributed by atoms with Gasteiger partial charge in [-0.15, -0.1) is 0 Å². The molecule has 3 rings (SSSR count). The third kappa shape index (κ3) is 4.72. The molecule has 1 aliphatic rings. The summed E-state index contributed by atoms with van der Waals surface area (Å²) in [5, 5.41) is 2.92. The van der Waals surface area contributed by atoms with Crippen LogP contribution < -0.4 is 10.1 Å². The van der Waals surface area contributed by atoms with Crippen LogP contribution in [0.5, 0.6) is 5.75 Å². The molecule has 2 aromatic carbocycles.